The average molecular weight is 412 g/mol. The Kier molecular flexibility index (Phi) is 5.81. The van der Waals surface area contributed by atoms with E-state index in [1.807, 2.05) is 0 Å². The number of carbonyl (C=O) groups is 3. The highest BCUT2D eigenvalue weighted by Gasteiger charge is 2.34. The zero-order valence-electron chi connectivity index (χ0n) is 15.5. The van der Waals surface area contributed by atoms with Gasteiger partial charge < -0.3 is 19.8 Å². The highest BCUT2D eigenvalue weighted by atomic mass is 19.4. The van der Waals surface area contributed by atoms with E-state index >= 15 is 0 Å². The van der Waals surface area contributed by atoms with Gasteiger partial charge in [-0.1, -0.05) is 0 Å². The van der Waals surface area contributed by atoms with Crippen molar-refractivity contribution in [2.24, 2.45) is 11.8 Å². The number of methoxy groups -OCH3 is 1. The molecule has 1 saturated carbocycles. The van der Waals surface area contributed by atoms with Crippen LogP contribution in [0.1, 0.15) is 29.8 Å². The van der Waals surface area contributed by atoms with Crippen LogP contribution in [0.15, 0.2) is 28.7 Å². The summed E-state index contributed by atoms with van der Waals surface area (Å²) in [6.07, 6.45) is -2.95. The molecule has 0 unspecified atom stereocenters. The first kappa shape index (κ1) is 20.7. The third kappa shape index (κ3) is 5.07. The van der Waals surface area contributed by atoms with Crippen LogP contribution in [0.5, 0.6) is 0 Å². The first-order chi connectivity index (χ1) is 13.7. The number of hydrogen-bond donors (Lipinski definition) is 2. The molecule has 0 saturated heterocycles. The SMILES string of the molecule is COC(=O)[C@@H]1CC[C@H](C(=O)Nc2ccc3oc(C(=O)NCC(F)(F)F)cc3c2)C1. The molecule has 1 heterocycles. The van der Waals surface area contributed by atoms with Gasteiger partial charge >= 0.3 is 12.1 Å². The summed E-state index contributed by atoms with van der Waals surface area (Å²) in [5.41, 5.74) is 0.749. The number of esters is 1. The van der Waals surface area contributed by atoms with Crippen molar-refractivity contribution in [3.05, 3.63) is 30.0 Å². The summed E-state index contributed by atoms with van der Waals surface area (Å²) in [5.74, 6) is -2.40. The molecule has 2 N–H and O–H groups in total. The molecular weight excluding hydrogens is 393 g/mol. The maximum absolute atomic E-state index is 12.4. The molecule has 29 heavy (non-hydrogen) atoms. The van der Waals surface area contributed by atoms with Gasteiger partial charge in [0, 0.05) is 17.0 Å². The number of benzene rings is 1. The summed E-state index contributed by atoms with van der Waals surface area (Å²) in [5, 5.41) is 4.95. The molecule has 156 valence electrons. The Morgan fingerprint density at radius 1 is 1.17 bits per heavy atom. The number of nitrogens with one attached hydrogen (secondary N) is 2. The topological polar surface area (TPSA) is 97.6 Å². The highest BCUT2D eigenvalue weighted by Crippen LogP contribution is 2.33. The van der Waals surface area contributed by atoms with E-state index in [-0.39, 0.29) is 29.5 Å². The normalized spacial score (nSPS) is 19.2. The molecular formula is C19H19F3N2O5. The first-order valence-electron chi connectivity index (χ1n) is 8.93. The molecule has 1 aliphatic rings. The summed E-state index contributed by atoms with van der Waals surface area (Å²) >= 11 is 0. The Morgan fingerprint density at radius 2 is 1.90 bits per heavy atom. The summed E-state index contributed by atoms with van der Waals surface area (Å²) in [6.45, 7) is -1.46. The van der Waals surface area contributed by atoms with Gasteiger partial charge in [-0.3, -0.25) is 14.4 Å². The maximum atomic E-state index is 12.4. The molecule has 0 spiro atoms. The van der Waals surface area contributed by atoms with Crippen molar-refractivity contribution >= 4 is 34.4 Å². The number of alkyl halides is 3. The van der Waals surface area contributed by atoms with Crippen LogP contribution < -0.4 is 10.6 Å². The Labute approximate surface area is 163 Å². The fraction of sp³-hybridized carbons (Fsp3) is 0.421. The van der Waals surface area contributed by atoms with Gasteiger partial charge in [0.15, 0.2) is 5.76 Å². The zero-order chi connectivity index (χ0) is 21.2. The predicted molar refractivity (Wildman–Crippen MR) is 96.1 cm³/mol. The lowest BCUT2D eigenvalue weighted by molar-refractivity contribution is -0.145. The number of ether oxygens (including phenoxy) is 1. The minimum atomic E-state index is -4.52. The molecule has 1 aromatic carbocycles. The lowest BCUT2D eigenvalue weighted by Gasteiger charge is -2.11. The van der Waals surface area contributed by atoms with Gasteiger partial charge in [-0.15, -0.1) is 0 Å². The molecule has 2 aromatic rings. The van der Waals surface area contributed by atoms with Crippen molar-refractivity contribution in [1.29, 1.82) is 0 Å². The number of halogens is 3. The van der Waals surface area contributed by atoms with Crippen LogP contribution in [0.4, 0.5) is 18.9 Å². The Balaban J connectivity index is 1.65. The van der Waals surface area contributed by atoms with E-state index in [1.165, 1.54) is 19.2 Å². The van der Waals surface area contributed by atoms with Crippen molar-refractivity contribution in [3.8, 4) is 0 Å². The number of furan rings is 1. The van der Waals surface area contributed by atoms with Crippen LogP contribution in [0, 0.1) is 11.8 Å². The molecule has 0 radical (unpaired) electrons. The van der Waals surface area contributed by atoms with Gasteiger partial charge in [-0.05, 0) is 43.5 Å². The van der Waals surface area contributed by atoms with Crippen molar-refractivity contribution in [1.82, 2.24) is 5.32 Å². The van der Waals surface area contributed by atoms with Crippen molar-refractivity contribution in [2.75, 3.05) is 19.0 Å². The number of hydrogen-bond acceptors (Lipinski definition) is 5. The molecule has 1 aromatic heterocycles. The highest BCUT2D eigenvalue weighted by molar-refractivity contribution is 5.98. The molecule has 0 bridgehead atoms. The molecule has 1 fully saturated rings. The van der Waals surface area contributed by atoms with Crippen molar-refractivity contribution in [3.63, 3.8) is 0 Å². The molecule has 3 rings (SSSR count). The van der Waals surface area contributed by atoms with Gasteiger partial charge in [-0.25, -0.2) is 0 Å². The van der Waals surface area contributed by atoms with Crippen molar-refractivity contribution < 1.29 is 36.7 Å². The molecule has 7 nitrogen and oxygen atoms in total. The Morgan fingerprint density at radius 3 is 2.59 bits per heavy atom. The van der Waals surface area contributed by atoms with Crippen LogP contribution in [0.3, 0.4) is 0 Å². The third-order valence-corrected chi connectivity index (χ3v) is 4.79. The van der Waals surface area contributed by atoms with E-state index in [2.05, 4.69) is 5.32 Å². The summed E-state index contributed by atoms with van der Waals surface area (Å²) in [6, 6.07) is 5.94. The van der Waals surface area contributed by atoms with E-state index in [9.17, 15) is 27.6 Å². The van der Waals surface area contributed by atoms with E-state index in [0.29, 0.717) is 35.9 Å². The fourth-order valence-corrected chi connectivity index (χ4v) is 3.35. The summed E-state index contributed by atoms with van der Waals surface area (Å²) < 4.78 is 46.6. The van der Waals surface area contributed by atoms with E-state index in [1.54, 1.807) is 17.4 Å². The second-order valence-electron chi connectivity index (χ2n) is 6.88. The fourth-order valence-electron chi connectivity index (χ4n) is 3.35. The average Bonchev–Trinajstić information content (AvgIpc) is 3.31. The van der Waals surface area contributed by atoms with Gasteiger partial charge in [-0.2, -0.15) is 13.2 Å². The zero-order valence-corrected chi connectivity index (χ0v) is 15.5. The predicted octanol–water partition coefficient (Wildman–Crippen LogP) is 3.25. The van der Waals surface area contributed by atoms with E-state index < -0.39 is 18.6 Å². The summed E-state index contributed by atoms with van der Waals surface area (Å²) in [7, 11) is 1.31. The monoisotopic (exact) mass is 412 g/mol. The van der Waals surface area contributed by atoms with Gasteiger partial charge in [0.25, 0.3) is 5.91 Å². The van der Waals surface area contributed by atoms with Crippen LogP contribution in [-0.2, 0) is 14.3 Å². The number of rotatable bonds is 5. The van der Waals surface area contributed by atoms with Gasteiger partial charge in [0.1, 0.15) is 12.1 Å². The molecule has 0 aliphatic heterocycles. The molecule has 1 aliphatic carbocycles. The molecule has 2 amide bonds. The largest absolute Gasteiger partial charge is 0.469 e. The van der Waals surface area contributed by atoms with Crippen LogP contribution in [0.25, 0.3) is 11.0 Å². The molecule has 2 atom stereocenters. The quantitative estimate of drug-likeness (QED) is 0.735. The lowest BCUT2D eigenvalue weighted by Crippen LogP contribution is -2.33. The second-order valence-corrected chi connectivity index (χ2v) is 6.88. The second kappa shape index (κ2) is 8.14. The van der Waals surface area contributed by atoms with Crippen LogP contribution in [0.2, 0.25) is 0 Å². The maximum Gasteiger partial charge on any atom is 0.405 e. The van der Waals surface area contributed by atoms with Crippen molar-refractivity contribution in [2.45, 2.75) is 25.4 Å². The van der Waals surface area contributed by atoms with Crippen LogP contribution >= 0.6 is 0 Å². The first-order valence-corrected chi connectivity index (χ1v) is 8.93. The van der Waals surface area contributed by atoms with E-state index in [4.69, 9.17) is 9.15 Å². The lowest BCUT2D eigenvalue weighted by atomic mass is 10.0. The number of anilines is 1. The van der Waals surface area contributed by atoms with Crippen LogP contribution in [-0.4, -0.2) is 37.6 Å². The summed E-state index contributed by atoms with van der Waals surface area (Å²) in [4.78, 5) is 35.8. The molecule has 10 heteroatoms. The Hall–Kier alpha value is -3.04. The number of fused-ring (bicyclic) bond motifs is 1. The number of amides is 2. The minimum absolute atomic E-state index is 0.234. The van der Waals surface area contributed by atoms with E-state index in [0.717, 1.165) is 0 Å². The minimum Gasteiger partial charge on any atom is -0.469 e. The smallest absolute Gasteiger partial charge is 0.405 e. The third-order valence-electron chi connectivity index (χ3n) is 4.79. The standard InChI is InChI=1S/C19H19F3N2O5/c1-28-18(27)11-3-2-10(6-11)16(25)24-13-4-5-14-12(7-13)8-15(29-14)17(26)23-9-19(20,21)22/h4-5,7-8,10-11H,2-3,6,9H2,1H3,(H,23,26)(H,24,25)/t10-,11+/m0/s1. The van der Waals surface area contributed by atoms with Gasteiger partial charge in [0.2, 0.25) is 5.91 Å². The number of carbonyl (C=O) groups excluding carboxylic acids is 3. The Bertz CT molecular complexity index is 938. The van der Waals surface area contributed by atoms with Gasteiger partial charge in [0.05, 0.1) is 13.0 Å².